The molecule has 3 heteroatoms. The summed E-state index contributed by atoms with van der Waals surface area (Å²) in [5.74, 6) is -0.624. The molecule has 3 nitrogen and oxygen atoms in total. The van der Waals surface area contributed by atoms with Crippen molar-refractivity contribution in [3.63, 3.8) is 0 Å². The third-order valence-corrected chi connectivity index (χ3v) is 2.83. The molecule has 1 aliphatic heterocycles. The number of cyclic esters (lactones) is 1. The van der Waals surface area contributed by atoms with E-state index in [0.717, 1.165) is 11.1 Å². The van der Waals surface area contributed by atoms with Gasteiger partial charge in [0.15, 0.2) is 5.78 Å². The third kappa shape index (κ3) is 0.709. The van der Waals surface area contributed by atoms with Crippen molar-refractivity contribution in [1.29, 1.82) is 0 Å². The van der Waals surface area contributed by atoms with E-state index in [1.165, 1.54) is 0 Å². The SMILES string of the molecule is CC1=C(C)C2C(=O)OCC2C1=O. The standard InChI is InChI=1S/C9H10O3/c1-4-5(2)8(10)6-3-12-9(11)7(4)6/h6-7H,3H2,1-2H3. The van der Waals surface area contributed by atoms with Crippen molar-refractivity contribution in [2.24, 2.45) is 11.8 Å². The Morgan fingerprint density at radius 3 is 2.58 bits per heavy atom. The van der Waals surface area contributed by atoms with E-state index in [2.05, 4.69) is 0 Å². The maximum Gasteiger partial charge on any atom is 0.313 e. The number of carbonyl (C=O) groups is 2. The molecule has 12 heavy (non-hydrogen) atoms. The number of fused-ring (bicyclic) bond motifs is 1. The second-order valence-electron chi connectivity index (χ2n) is 3.39. The summed E-state index contributed by atoms with van der Waals surface area (Å²) in [6.07, 6.45) is 0. The third-order valence-electron chi connectivity index (χ3n) is 2.83. The molecule has 64 valence electrons. The molecular formula is C9H10O3. The van der Waals surface area contributed by atoms with Crippen LogP contribution in [0.3, 0.4) is 0 Å². The van der Waals surface area contributed by atoms with E-state index in [1.807, 2.05) is 6.92 Å². The molecule has 1 heterocycles. The van der Waals surface area contributed by atoms with Crippen LogP contribution >= 0.6 is 0 Å². The minimum atomic E-state index is -0.266. The Morgan fingerprint density at radius 1 is 1.33 bits per heavy atom. The van der Waals surface area contributed by atoms with E-state index in [4.69, 9.17) is 4.74 Å². The maximum absolute atomic E-state index is 11.5. The largest absolute Gasteiger partial charge is 0.464 e. The summed E-state index contributed by atoms with van der Waals surface area (Å²) >= 11 is 0. The van der Waals surface area contributed by atoms with Crippen LogP contribution in [0, 0.1) is 11.8 Å². The molecule has 0 amide bonds. The second-order valence-corrected chi connectivity index (χ2v) is 3.39. The molecule has 0 aromatic heterocycles. The Labute approximate surface area is 70.4 Å². The number of ketones is 1. The highest BCUT2D eigenvalue weighted by Gasteiger charge is 2.48. The van der Waals surface area contributed by atoms with Crippen LogP contribution in [0.2, 0.25) is 0 Å². The Kier molecular flexibility index (Phi) is 1.37. The van der Waals surface area contributed by atoms with Gasteiger partial charge in [0.2, 0.25) is 0 Å². The Bertz CT molecular complexity index is 301. The summed E-state index contributed by atoms with van der Waals surface area (Å²) in [6, 6.07) is 0. The average molecular weight is 166 g/mol. The maximum atomic E-state index is 11.5. The zero-order valence-corrected chi connectivity index (χ0v) is 7.09. The zero-order chi connectivity index (χ0) is 8.88. The lowest BCUT2D eigenvalue weighted by molar-refractivity contribution is -0.140. The van der Waals surface area contributed by atoms with E-state index in [-0.39, 0.29) is 30.2 Å². The van der Waals surface area contributed by atoms with Gasteiger partial charge in [0.05, 0.1) is 11.8 Å². The van der Waals surface area contributed by atoms with Gasteiger partial charge in [-0.2, -0.15) is 0 Å². The van der Waals surface area contributed by atoms with Crippen LogP contribution in [0.25, 0.3) is 0 Å². The van der Waals surface area contributed by atoms with Crippen molar-refractivity contribution in [3.05, 3.63) is 11.1 Å². The highest BCUT2D eigenvalue weighted by atomic mass is 16.5. The number of hydrogen-bond acceptors (Lipinski definition) is 3. The minimum Gasteiger partial charge on any atom is -0.464 e. The Morgan fingerprint density at radius 2 is 2.00 bits per heavy atom. The fraction of sp³-hybridized carbons (Fsp3) is 0.556. The van der Waals surface area contributed by atoms with Crippen molar-refractivity contribution < 1.29 is 14.3 Å². The van der Waals surface area contributed by atoms with Crippen LogP contribution in [0.4, 0.5) is 0 Å². The van der Waals surface area contributed by atoms with Gasteiger partial charge in [0.1, 0.15) is 6.61 Å². The molecule has 0 bridgehead atoms. The first kappa shape index (κ1) is 7.53. The fourth-order valence-corrected chi connectivity index (χ4v) is 1.93. The summed E-state index contributed by atoms with van der Waals surface area (Å²) in [7, 11) is 0. The number of carbonyl (C=O) groups excluding carboxylic acids is 2. The van der Waals surface area contributed by atoms with Gasteiger partial charge in [-0.05, 0) is 19.4 Å². The number of hydrogen-bond donors (Lipinski definition) is 0. The van der Waals surface area contributed by atoms with E-state index < -0.39 is 0 Å². The Balaban J connectivity index is 2.45. The van der Waals surface area contributed by atoms with E-state index in [0.29, 0.717) is 0 Å². The highest BCUT2D eigenvalue weighted by Crippen LogP contribution is 2.38. The number of ether oxygens (including phenoxy) is 1. The lowest BCUT2D eigenvalue weighted by Crippen LogP contribution is -2.16. The monoisotopic (exact) mass is 166 g/mol. The number of allylic oxidation sites excluding steroid dienone is 1. The fourth-order valence-electron chi connectivity index (χ4n) is 1.93. The molecule has 0 spiro atoms. The van der Waals surface area contributed by atoms with Gasteiger partial charge in [-0.25, -0.2) is 0 Å². The van der Waals surface area contributed by atoms with Gasteiger partial charge in [0.25, 0.3) is 0 Å². The number of Topliss-reactive ketones (excluding diaryl/α,β-unsaturated/α-hetero) is 1. The molecule has 2 aliphatic rings. The van der Waals surface area contributed by atoms with Crippen LogP contribution in [0.15, 0.2) is 11.1 Å². The molecule has 1 saturated heterocycles. The summed E-state index contributed by atoms with van der Waals surface area (Å²) in [5, 5.41) is 0. The van der Waals surface area contributed by atoms with Gasteiger partial charge in [-0.15, -0.1) is 0 Å². The lowest BCUT2D eigenvalue weighted by atomic mass is 9.95. The molecule has 0 aromatic carbocycles. The second kappa shape index (κ2) is 2.19. The molecule has 2 atom stereocenters. The molecular weight excluding hydrogens is 156 g/mol. The van der Waals surface area contributed by atoms with Gasteiger partial charge in [-0.1, -0.05) is 5.57 Å². The molecule has 0 radical (unpaired) electrons. The summed E-state index contributed by atoms with van der Waals surface area (Å²) in [5.41, 5.74) is 1.65. The molecule has 0 saturated carbocycles. The summed E-state index contributed by atoms with van der Waals surface area (Å²) in [4.78, 5) is 22.6. The summed E-state index contributed by atoms with van der Waals surface area (Å²) in [6.45, 7) is 3.89. The molecule has 2 unspecified atom stereocenters. The number of esters is 1. The minimum absolute atomic E-state index is 0.0864. The molecule has 0 N–H and O–H groups in total. The molecule has 1 aliphatic carbocycles. The lowest BCUT2D eigenvalue weighted by Gasteiger charge is -2.01. The van der Waals surface area contributed by atoms with Gasteiger partial charge >= 0.3 is 5.97 Å². The van der Waals surface area contributed by atoms with Crippen LogP contribution in [-0.4, -0.2) is 18.4 Å². The van der Waals surface area contributed by atoms with Crippen molar-refractivity contribution in [1.82, 2.24) is 0 Å². The van der Waals surface area contributed by atoms with Crippen molar-refractivity contribution in [2.45, 2.75) is 13.8 Å². The van der Waals surface area contributed by atoms with Gasteiger partial charge in [-0.3, -0.25) is 9.59 Å². The first-order chi connectivity index (χ1) is 5.63. The van der Waals surface area contributed by atoms with E-state index in [1.54, 1.807) is 6.92 Å². The predicted octanol–water partition coefficient (Wildman–Crippen LogP) is 0.695. The predicted molar refractivity (Wildman–Crippen MR) is 41.3 cm³/mol. The average Bonchev–Trinajstić information content (AvgIpc) is 2.51. The van der Waals surface area contributed by atoms with Crippen molar-refractivity contribution >= 4 is 11.8 Å². The molecule has 2 rings (SSSR count). The zero-order valence-electron chi connectivity index (χ0n) is 7.09. The van der Waals surface area contributed by atoms with Crippen LogP contribution < -0.4 is 0 Å². The summed E-state index contributed by atoms with van der Waals surface area (Å²) < 4.78 is 4.82. The first-order valence-corrected chi connectivity index (χ1v) is 4.01. The topological polar surface area (TPSA) is 43.4 Å². The normalized spacial score (nSPS) is 34.2. The van der Waals surface area contributed by atoms with Crippen LogP contribution in [0.1, 0.15) is 13.8 Å². The van der Waals surface area contributed by atoms with Gasteiger partial charge in [0, 0.05) is 0 Å². The van der Waals surface area contributed by atoms with Crippen LogP contribution in [-0.2, 0) is 14.3 Å². The smallest absolute Gasteiger partial charge is 0.313 e. The van der Waals surface area contributed by atoms with E-state index in [9.17, 15) is 9.59 Å². The first-order valence-electron chi connectivity index (χ1n) is 4.01. The van der Waals surface area contributed by atoms with Gasteiger partial charge < -0.3 is 4.74 Å². The van der Waals surface area contributed by atoms with Crippen LogP contribution in [0.5, 0.6) is 0 Å². The molecule has 0 aromatic rings. The number of rotatable bonds is 0. The highest BCUT2D eigenvalue weighted by molar-refractivity contribution is 6.05. The quantitative estimate of drug-likeness (QED) is 0.497. The molecule has 1 fully saturated rings. The van der Waals surface area contributed by atoms with E-state index >= 15 is 0 Å². The van der Waals surface area contributed by atoms with Crippen molar-refractivity contribution in [3.8, 4) is 0 Å². The van der Waals surface area contributed by atoms with Crippen molar-refractivity contribution in [2.75, 3.05) is 6.61 Å². The Hall–Kier alpha value is -1.12.